The van der Waals surface area contributed by atoms with Crippen LogP contribution in [0.4, 0.5) is 5.69 Å². The molecule has 2 saturated heterocycles. The minimum atomic E-state index is -0.0389. The second kappa shape index (κ2) is 7.27. The highest BCUT2D eigenvalue weighted by molar-refractivity contribution is 5.96. The van der Waals surface area contributed by atoms with Crippen LogP contribution >= 0.6 is 0 Å². The number of carbonyl (C=O) groups excluding carboxylic acids is 2. The minimum Gasteiger partial charge on any atom is -0.399 e. The summed E-state index contributed by atoms with van der Waals surface area (Å²) in [6.45, 7) is 4.86. The summed E-state index contributed by atoms with van der Waals surface area (Å²) in [6.07, 6.45) is 5.05. The van der Waals surface area contributed by atoms with Gasteiger partial charge in [0.1, 0.15) is 0 Å². The Morgan fingerprint density at radius 3 is 2.27 bits per heavy atom. The molecule has 2 N–H and O–H groups in total. The highest BCUT2D eigenvalue weighted by atomic mass is 16.2. The zero-order chi connectivity index (χ0) is 18.1. The van der Waals surface area contributed by atoms with Gasteiger partial charge in [0.25, 0.3) is 5.91 Å². The van der Waals surface area contributed by atoms with Gasteiger partial charge < -0.3 is 15.5 Å². The van der Waals surface area contributed by atoms with Crippen LogP contribution in [0, 0.1) is 5.92 Å². The van der Waals surface area contributed by atoms with Crippen molar-refractivity contribution in [3.63, 3.8) is 0 Å². The van der Waals surface area contributed by atoms with Gasteiger partial charge in [-0.05, 0) is 43.5 Å². The summed E-state index contributed by atoms with van der Waals surface area (Å²) >= 11 is 0. The van der Waals surface area contributed by atoms with Crippen LogP contribution in [0.5, 0.6) is 0 Å². The smallest absolute Gasteiger partial charge is 0.253 e. The fraction of sp³-hybridized carbons (Fsp3) is 0.600. The topological polar surface area (TPSA) is 69.9 Å². The minimum absolute atomic E-state index is 0.0129. The average Bonchev–Trinajstić information content (AvgIpc) is 2.78. The fourth-order valence-electron chi connectivity index (χ4n) is 4.14. The van der Waals surface area contributed by atoms with Gasteiger partial charge in [-0.15, -0.1) is 0 Å². The van der Waals surface area contributed by atoms with Crippen LogP contribution in [-0.4, -0.2) is 71.8 Å². The first-order valence-corrected chi connectivity index (χ1v) is 9.79. The third-order valence-electron chi connectivity index (χ3n) is 6.11. The Bertz CT molecular complexity index is 665. The van der Waals surface area contributed by atoms with Crippen LogP contribution in [0.25, 0.3) is 0 Å². The fourth-order valence-corrected chi connectivity index (χ4v) is 4.14. The molecule has 4 rings (SSSR count). The lowest BCUT2D eigenvalue weighted by atomic mass is 9.91. The quantitative estimate of drug-likeness (QED) is 0.832. The molecule has 1 aliphatic carbocycles. The van der Waals surface area contributed by atoms with Crippen molar-refractivity contribution < 1.29 is 9.59 Å². The van der Waals surface area contributed by atoms with Gasteiger partial charge in [-0.3, -0.25) is 14.5 Å². The summed E-state index contributed by atoms with van der Waals surface area (Å²) in [5, 5.41) is 0. The number of nitrogen functional groups attached to an aromatic ring is 1. The third-order valence-corrected chi connectivity index (χ3v) is 6.11. The number of nitrogens with zero attached hydrogens (tertiary/aromatic N) is 3. The van der Waals surface area contributed by atoms with E-state index < -0.39 is 0 Å². The molecule has 140 valence electrons. The molecule has 1 aromatic rings. The summed E-state index contributed by atoms with van der Waals surface area (Å²) in [5.41, 5.74) is 6.95. The lowest BCUT2D eigenvalue weighted by Gasteiger charge is -2.40. The third kappa shape index (κ3) is 3.43. The van der Waals surface area contributed by atoms with Crippen LogP contribution in [-0.2, 0) is 4.79 Å². The first-order chi connectivity index (χ1) is 12.6. The molecule has 26 heavy (non-hydrogen) atoms. The largest absolute Gasteiger partial charge is 0.399 e. The molecular formula is C20H28N4O2. The van der Waals surface area contributed by atoms with Gasteiger partial charge in [-0.25, -0.2) is 0 Å². The van der Waals surface area contributed by atoms with E-state index in [9.17, 15) is 9.59 Å². The monoisotopic (exact) mass is 356 g/mol. The summed E-state index contributed by atoms with van der Waals surface area (Å²) in [7, 11) is 0. The van der Waals surface area contributed by atoms with Crippen LogP contribution in [0.2, 0.25) is 0 Å². The van der Waals surface area contributed by atoms with E-state index in [1.807, 2.05) is 4.90 Å². The number of likely N-dealkylation sites (tertiary alicyclic amines) is 1. The van der Waals surface area contributed by atoms with Crippen molar-refractivity contribution in [2.45, 2.75) is 31.7 Å². The predicted octanol–water partition coefficient (Wildman–Crippen LogP) is 1.43. The lowest BCUT2D eigenvalue weighted by molar-refractivity contribution is -0.139. The molecule has 0 aromatic heterocycles. The Morgan fingerprint density at radius 2 is 1.62 bits per heavy atom. The van der Waals surface area contributed by atoms with E-state index in [0.29, 0.717) is 24.3 Å². The highest BCUT2D eigenvalue weighted by Gasteiger charge is 2.38. The van der Waals surface area contributed by atoms with E-state index in [0.717, 1.165) is 38.6 Å². The van der Waals surface area contributed by atoms with Crippen molar-refractivity contribution in [1.29, 1.82) is 0 Å². The van der Waals surface area contributed by atoms with Crippen LogP contribution in [0.15, 0.2) is 24.3 Å². The number of hydrogen-bond donors (Lipinski definition) is 1. The van der Waals surface area contributed by atoms with Gasteiger partial charge in [-0.1, -0.05) is 6.42 Å². The molecular weight excluding hydrogens is 328 g/mol. The summed E-state index contributed by atoms with van der Waals surface area (Å²) in [6, 6.07) is 7.72. The number of anilines is 1. The number of hydrogen-bond acceptors (Lipinski definition) is 4. The van der Waals surface area contributed by atoms with Gasteiger partial charge in [0, 0.05) is 56.6 Å². The van der Waals surface area contributed by atoms with Crippen molar-refractivity contribution >= 4 is 17.5 Å². The second-order valence-corrected chi connectivity index (χ2v) is 7.83. The van der Waals surface area contributed by atoms with Crippen LogP contribution < -0.4 is 5.73 Å². The SMILES string of the molecule is Nc1ccc(C(=O)N2CC(C(=O)N3CCCN(C4CCC4)CC3)C2)cc1. The average molecular weight is 356 g/mol. The zero-order valence-electron chi connectivity index (χ0n) is 15.3. The molecule has 0 atom stereocenters. The zero-order valence-corrected chi connectivity index (χ0v) is 15.3. The molecule has 0 radical (unpaired) electrons. The highest BCUT2D eigenvalue weighted by Crippen LogP contribution is 2.26. The van der Waals surface area contributed by atoms with Gasteiger partial charge in [0.05, 0.1) is 5.92 Å². The summed E-state index contributed by atoms with van der Waals surface area (Å²) < 4.78 is 0. The molecule has 0 spiro atoms. The maximum Gasteiger partial charge on any atom is 0.253 e. The predicted molar refractivity (Wildman–Crippen MR) is 101 cm³/mol. The Hall–Kier alpha value is -2.08. The van der Waals surface area contributed by atoms with Crippen molar-refractivity contribution in [2.75, 3.05) is 45.0 Å². The standard InChI is InChI=1S/C20H28N4O2/c21-17-7-5-15(6-8-17)19(25)24-13-16(14-24)20(26)23-10-2-9-22(11-12-23)18-3-1-4-18/h5-8,16,18H,1-4,9-14,21H2. The number of nitrogens with two attached hydrogens (primary N) is 1. The molecule has 2 aliphatic heterocycles. The second-order valence-electron chi connectivity index (χ2n) is 7.83. The Balaban J connectivity index is 1.27. The van der Waals surface area contributed by atoms with E-state index in [1.165, 1.54) is 19.3 Å². The number of amides is 2. The molecule has 0 unspecified atom stereocenters. The van der Waals surface area contributed by atoms with E-state index in [-0.39, 0.29) is 17.7 Å². The van der Waals surface area contributed by atoms with Gasteiger partial charge in [0.15, 0.2) is 0 Å². The molecule has 1 saturated carbocycles. The first kappa shape index (κ1) is 17.3. The Labute approximate surface area is 154 Å². The Kier molecular flexibility index (Phi) is 4.85. The van der Waals surface area contributed by atoms with E-state index >= 15 is 0 Å². The number of carbonyl (C=O) groups is 2. The van der Waals surface area contributed by atoms with E-state index in [4.69, 9.17) is 5.73 Å². The lowest BCUT2D eigenvalue weighted by Crippen LogP contribution is -2.56. The van der Waals surface area contributed by atoms with E-state index in [1.54, 1.807) is 29.2 Å². The first-order valence-electron chi connectivity index (χ1n) is 9.79. The van der Waals surface area contributed by atoms with Crippen LogP contribution in [0.1, 0.15) is 36.0 Å². The van der Waals surface area contributed by atoms with Crippen LogP contribution in [0.3, 0.4) is 0 Å². The maximum absolute atomic E-state index is 12.8. The van der Waals surface area contributed by atoms with Gasteiger partial charge >= 0.3 is 0 Å². The summed E-state index contributed by atoms with van der Waals surface area (Å²) in [5.74, 6) is 0.172. The van der Waals surface area contributed by atoms with Crippen molar-refractivity contribution in [2.24, 2.45) is 5.92 Å². The van der Waals surface area contributed by atoms with Gasteiger partial charge in [-0.2, -0.15) is 0 Å². The number of rotatable bonds is 3. The molecule has 0 bridgehead atoms. The molecule has 3 aliphatic rings. The molecule has 3 fully saturated rings. The molecule has 6 heteroatoms. The maximum atomic E-state index is 12.8. The molecule has 6 nitrogen and oxygen atoms in total. The van der Waals surface area contributed by atoms with Crippen molar-refractivity contribution in [1.82, 2.24) is 14.7 Å². The Morgan fingerprint density at radius 1 is 0.885 bits per heavy atom. The summed E-state index contributed by atoms with van der Waals surface area (Å²) in [4.78, 5) is 31.6. The molecule has 1 aromatic carbocycles. The normalized spacial score (nSPS) is 22.5. The van der Waals surface area contributed by atoms with Crippen molar-refractivity contribution in [3.8, 4) is 0 Å². The van der Waals surface area contributed by atoms with Gasteiger partial charge in [0.2, 0.25) is 5.91 Å². The molecule has 2 amide bonds. The van der Waals surface area contributed by atoms with E-state index in [2.05, 4.69) is 4.90 Å². The number of benzene rings is 1. The van der Waals surface area contributed by atoms with Crippen molar-refractivity contribution in [3.05, 3.63) is 29.8 Å². The molecule has 2 heterocycles.